The van der Waals surface area contributed by atoms with Gasteiger partial charge < -0.3 is 0 Å². The van der Waals surface area contributed by atoms with Crippen molar-refractivity contribution in [3.05, 3.63) is 34.3 Å². The molecule has 0 spiro atoms. The molecule has 1 aromatic carbocycles. The van der Waals surface area contributed by atoms with Gasteiger partial charge in [-0.1, -0.05) is 37.6 Å². The summed E-state index contributed by atoms with van der Waals surface area (Å²) in [4.78, 5) is 11.4. The second kappa shape index (κ2) is 5.32. The maximum absolute atomic E-state index is 11.4. The Kier molecular flexibility index (Phi) is 4.34. The number of halogens is 1. The number of hydrogen-bond acceptors (Lipinski definition) is 1. The third-order valence-electron chi connectivity index (χ3n) is 2.53. The van der Waals surface area contributed by atoms with E-state index in [1.165, 1.54) is 5.56 Å². The van der Waals surface area contributed by atoms with Crippen LogP contribution in [0, 0.1) is 12.8 Å². The maximum atomic E-state index is 11.4. The minimum Gasteiger partial charge on any atom is -0.299 e. The lowest BCUT2D eigenvalue weighted by atomic mass is 10.0. The Bertz CT molecular complexity index is 356. The van der Waals surface area contributed by atoms with Gasteiger partial charge in [-0.05, 0) is 30.5 Å². The molecule has 0 atom stereocenters. The fourth-order valence-corrected chi connectivity index (χ4v) is 1.54. The molecule has 0 bridgehead atoms. The highest BCUT2D eigenvalue weighted by atomic mass is 35.5. The van der Waals surface area contributed by atoms with E-state index in [1.807, 2.05) is 32.9 Å². The van der Waals surface area contributed by atoms with Crippen LogP contribution in [-0.4, -0.2) is 5.78 Å². The van der Waals surface area contributed by atoms with Crippen LogP contribution in [0.5, 0.6) is 0 Å². The zero-order valence-electron chi connectivity index (χ0n) is 9.51. The predicted octanol–water partition coefficient (Wildman–Crippen LogP) is 3.81. The summed E-state index contributed by atoms with van der Waals surface area (Å²) in [6.07, 6.45) is 1.44. The molecule has 15 heavy (non-hydrogen) atoms. The van der Waals surface area contributed by atoms with E-state index < -0.39 is 0 Å². The molecule has 0 amide bonds. The van der Waals surface area contributed by atoms with Crippen molar-refractivity contribution in [3.63, 3.8) is 0 Å². The molecule has 0 aromatic heterocycles. The van der Waals surface area contributed by atoms with E-state index in [2.05, 4.69) is 6.07 Å². The molecule has 2 heteroatoms. The van der Waals surface area contributed by atoms with E-state index >= 15 is 0 Å². The van der Waals surface area contributed by atoms with E-state index in [4.69, 9.17) is 11.6 Å². The van der Waals surface area contributed by atoms with Crippen LogP contribution in [0.4, 0.5) is 0 Å². The zero-order valence-corrected chi connectivity index (χ0v) is 10.3. The summed E-state index contributed by atoms with van der Waals surface area (Å²) < 4.78 is 0. The Balaban J connectivity index is 2.58. The van der Waals surface area contributed by atoms with Gasteiger partial charge in [-0.3, -0.25) is 4.79 Å². The molecule has 0 aliphatic carbocycles. The standard InChI is InChI=1S/C13H17ClO/c1-9(2)13(15)7-5-11-4-6-12(14)10(3)8-11/h4,6,8-9H,5,7H2,1-3H3. The second-order valence-electron chi connectivity index (χ2n) is 4.20. The number of carbonyl (C=O) groups is 1. The van der Waals surface area contributed by atoms with E-state index in [0.29, 0.717) is 12.2 Å². The van der Waals surface area contributed by atoms with Crippen LogP contribution in [0.25, 0.3) is 0 Å². The fourth-order valence-electron chi connectivity index (χ4n) is 1.42. The van der Waals surface area contributed by atoms with Gasteiger partial charge in [0.1, 0.15) is 5.78 Å². The highest BCUT2D eigenvalue weighted by Gasteiger charge is 2.07. The van der Waals surface area contributed by atoms with Crippen molar-refractivity contribution in [2.24, 2.45) is 5.92 Å². The van der Waals surface area contributed by atoms with Gasteiger partial charge in [0.15, 0.2) is 0 Å². The molecule has 82 valence electrons. The van der Waals surface area contributed by atoms with Crippen molar-refractivity contribution in [1.29, 1.82) is 0 Å². The van der Waals surface area contributed by atoms with Gasteiger partial charge in [0.25, 0.3) is 0 Å². The first-order chi connectivity index (χ1) is 7.00. The lowest BCUT2D eigenvalue weighted by Gasteiger charge is -2.05. The molecule has 0 N–H and O–H groups in total. The lowest BCUT2D eigenvalue weighted by molar-refractivity contribution is -0.121. The average Bonchev–Trinajstić information content (AvgIpc) is 2.19. The summed E-state index contributed by atoms with van der Waals surface area (Å²) in [5.74, 6) is 0.459. The van der Waals surface area contributed by atoms with E-state index in [1.54, 1.807) is 0 Å². The van der Waals surface area contributed by atoms with Gasteiger partial charge in [0, 0.05) is 17.4 Å². The largest absolute Gasteiger partial charge is 0.299 e. The highest BCUT2D eigenvalue weighted by Crippen LogP contribution is 2.17. The molecule has 0 saturated heterocycles. The first-order valence-electron chi connectivity index (χ1n) is 5.28. The van der Waals surface area contributed by atoms with Crippen molar-refractivity contribution >= 4 is 17.4 Å². The van der Waals surface area contributed by atoms with Gasteiger partial charge in [0.05, 0.1) is 0 Å². The lowest BCUT2D eigenvalue weighted by Crippen LogP contribution is -2.07. The number of ketones is 1. The zero-order chi connectivity index (χ0) is 11.4. The Hall–Kier alpha value is -0.820. The van der Waals surface area contributed by atoms with Gasteiger partial charge in [-0.15, -0.1) is 0 Å². The molecule has 1 rings (SSSR count). The van der Waals surface area contributed by atoms with Crippen molar-refractivity contribution < 1.29 is 4.79 Å². The van der Waals surface area contributed by atoms with Crippen molar-refractivity contribution in [3.8, 4) is 0 Å². The van der Waals surface area contributed by atoms with Crippen LogP contribution in [0.2, 0.25) is 5.02 Å². The summed E-state index contributed by atoms with van der Waals surface area (Å²) in [6.45, 7) is 5.86. The first kappa shape index (κ1) is 12.3. The number of Topliss-reactive ketones (excluding diaryl/α,β-unsaturated/α-hetero) is 1. The number of hydrogen-bond donors (Lipinski definition) is 0. The summed E-state index contributed by atoms with van der Waals surface area (Å²) in [5.41, 5.74) is 2.26. The molecule has 0 aliphatic heterocycles. The van der Waals surface area contributed by atoms with Crippen LogP contribution in [-0.2, 0) is 11.2 Å². The Labute approximate surface area is 96.5 Å². The molecule has 0 aliphatic rings. The third kappa shape index (κ3) is 3.67. The van der Waals surface area contributed by atoms with Crippen molar-refractivity contribution in [2.45, 2.75) is 33.6 Å². The fraction of sp³-hybridized carbons (Fsp3) is 0.462. The number of aryl methyl sites for hydroxylation is 2. The third-order valence-corrected chi connectivity index (χ3v) is 2.95. The van der Waals surface area contributed by atoms with Gasteiger partial charge in [-0.2, -0.15) is 0 Å². The molecule has 1 aromatic rings. The molecule has 0 unspecified atom stereocenters. The molecular formula is C13H17ClO. The number of benzene rings is 1. The Morgan fingerprint density at radius 1 is 1.40 bits per heavy atom. The summed E-state index contributed by atoms with van der Waals surface area (Å²) in [6, 6.07) is 5.94. The maximum Gasteiger partial charge on any atom is 0.135 e. The molecule has 0 radical (unpaired) electrons. The molecule has 0 saturated carbocycles. The van der Waals surface area contributed by atoms with Crippen molar-refractivity contribution in [2.75, 3.05) is 0 Å². The monoisotopic (exact) mass is 224 g/mol. The summed E-state index contributed by atoms with van der Waals surface area (Å²) in [7, 11) is 0. The summed E-state index contributed by atoms with van der Waals surface area (Å²) >= 11 is 5.93. The smallest absolute Gasteiger partial charge is 0.135 e. The Morgan fingerprint density at radius 3 is 2.60 bits per heavy atom. The predicted molar refractivity (Wildman–Crippen MR) is 64.4 cm³/mol. The summed E-state index contributed by atoms with van der Waals surface area (Å²) in [5, 5.41) is 0.786. The Morgan fingerprint density at radius 2 is 2.07 bits per heavy atom. The molecule has 0 heterocycles. The van der Waals surface area contributed by atoms with E-state index in [0.717, 1.165) is 17.0 Å². The second-order valence-corrected chi connectivity index (χ2v) is 4.61. The molecule has 1 nitrogen and oxygen atoms in total. The van der Waals surface area contributed by atoms with Gasteiger partial charge >= 0.3 is 0 Å². The minimum atomic E-state index is 0.137. The highest BCUT2D eigenvalue weighted by molar-refractivity contribution is 6.31. The van der Waals surface area contributed by atoms with Crippen LogP contribution < -0.4 is 0 Å². The first-order valence-corrected chi connectivity index (χ1v) is 5.66. The van der Waals surface area contributed by atoms with E-state index in [9.17, 15) is 4.79 Å². The quantitative estimate of drug-likeness (QED) is 0.760. The van der Waals surface area contributed by atoms with Crippen LogP contribution in [0.3, 0.4) is 0 Å². The van der Waals surface area contributed by atoms with Crippen LogP contribution in [0.1, 0.15) is 31.4 Å². The SMILES string of the molecule is Cc1cc(CCC(=O)C(C)C)ccc1Cl. The molecule has 0 fully saturated rings. The normalized spacial score (nSPS) is 10.7. The van der Waals surface area contributed by atoms with Crippen LogP contribution >= 0.6 is 11.6 Å². The van der Waals surface area contributed by atoms with Crippen LogP contribution in [0.15, 0.2) is 18.2 Å². The average molecular weight is 225 g/mol. The number of rotatable bonds is 4. The molecular weight excluding hydrogens is 208 g/mol. The van der Waals surface area contributed by atoms with Gasteiger partial charge in [0.2, 0.25) is 0 Å². The minimum absolute atomic E-state index is 0.137. The van der Waals surface area contributed by atoms with Gasteiger partial charge in [-0.25, -0.2) is 0 Å². The van der Waals surface area contributed by atoms with E-state index in [-0.39, 0.29) is 5.92 Å². The van der Waals surface area contributed by atoms with Crippen molar-refractivity contribution in [1.82, 2.24) is 0 Å². The topological polar surface area (TPSA) is 17.1 Å². The number of carbonyl (C=O) groups excluding carboxylic acids is 1.